The minimum absolute atomic E-state index is 0.224. The molecular weight excluding hydrogens is 190 g/mol. The van der Waals surface area contributed by atoms with Gasteiger partial charge >= 0.3 is 0 Å². The van der Waals surface area contributed by atoms with Crippen LogP contribution in [0.2, 0.25) is 0 Å². The van der Waals surface area contributed by atoms with E-state index in [1.165, 1.54) is 6.08 Å². The Labute approximate surface area is 88.9 Å². The van der Waals surface area contributed by atoms with Crippen molar-refractivity contribution < 1.29 is 4.92 Å². The lowest BCUT2D eigenvalue weighted by atomic mass is 10.2. The Morgan fingerprint density at radius 1 is 1.40 bits per heavy atom. The molecule has 3 heteroatoms. The summed E-state index contributed by atoms with van der Waals surface area (Å²) in [6.45, 7) is 1.77. The Kier molecular flexibility index (Phi) is 4.29. The lowest BCUT2D eigenvalue weighted by Crippen LogP contribution is -1.95. The molecule has 1 aromatic carbocycles. The van der Waals surface area contributed by atoms with E-state index in [9.17, 15) is 10.1 Å². The molecule has 1 aromatic rings. The van der Waals surface area contributed by atoms with Crippen LogP contribution in [-0.4, -0.2) is 4.92 Å². The standard InChI is InChI=1S/C12H13NO2/c1-2-12(13(14)15)10-6-9-11-7-4-3-5-8-11/h3-10H,2H2,1H3/b9-6+,12-10+. The Balaban J connectivity index is 2.70. The van der Waals surface area contributed by atoms with Crippen LogP contribution in [0, 0.1) is 10.1 Å². The van der Waals surface area contributed by atoms with E-state index in [1.54, 1.807) is 13.0 Å². The monoisotopic (exact) mass is 203 g/mol. The second-order valence-electron chi connectivity index (χ2n) is 3.04. The normalized spacial score (nSPS) is 11.9. The predicted molar refractivity (Wildman–Crippen MR) is 60.8 cm³/mol. The molecule has 0 spiro atoms. The molecule has 0 atom stereocenters. The van der Waals surface area contributed by atoms with Crippen LogP contribution < -0.4 is 0 Å². The number of allylic oxidation sites excluding steroid dienone is 3. The minimum Gasteiger partial charge on any atom is -0.259 e. The summed E-state index contributed by atoms with van der Waals surface area (Å²) in [5.41, 5.74) is 1.26. The highest BCUT2D eigenvalue weighted by atomic mass is 16.6. The van der Waals surface area contributed by atoms with Crippen molar-refractivity contribution in [3.05, 3.63) is 63.9 Å². The van der Waals surface area contributed by atoms with Gasteiger partial charge in [-0.25, -0.2) is 0 Å². The van der Waals surface area contributed by atoms with E-state index in [4.69, 9.17) is 0 Å². The molecule has 0 heterocycles. The highest BCUT2D eigenvalue weighted by Crippen LogP contribution is 2.04. The van der Waals surface area contributed by atoms with Gasteiger partial charge in [0.15, 0.2) is 0 Å². The first kappa shape index (κ1) is 11.2. The van der Waals surface area contributed by atoms with Gasteiger partial charge in [-0.3, -0.25) is 10.1 Å². The lowest BCUT2D eigenvalue weighted by Gasteiger charge is -1.91. The van der Waals surface area contributed by atoms with E-state index >= 15 is 0 Å². The molecule has 0 bridgehead atoms. The Bertz CT molecular complexity index is 380. The zero-order chi connectivity index (χ0) is 11.1. The molecule has 1 rings (SSSR count). The Hall–Kier alpha value is -1.90. The fourth-order valence-corrected chi connectivity index (χ4v) is 1.14. The molecule has 0 unspecified atom stereocenters. The van der Waals surface area contributed by atoms with E-state index in [2.05, 4.69) is 0 Å². The third kappa shape index (κ3) is 3.77. The van der Waals surface area contributed by atoms with Crippen molar-refractivity contribution >= 4 is 6.08 Å². The number of rotatable bonds is 4. The van der Waals surface area contributed by atoms with Crippen LogP contribution in [0.5, 0.6) is 0 Å². The molecular formula is C12H13NO2. The maximum absolute atomic E-state index is 10.5. The van der Waals surface area contributed by atoms with Crippen LogP contribution in [-0.2, 0) is 0 Å². The Morgan fingerprint density at radius 3 is 2.60 bits per heavy atom. The fraction of sp³-hybridized carbons (Fsp3) is 0.167. The maximum Gasteiger partial charge on any atom is 0.245 e. The highest BCUT2D eigenvalue weighted by molar-refractivity contribution is 5.50. The Morgan fingerprint density at radius 2 is 2.07 bits per heavy atom. The van der Waals surface area contributed by atoms with Crippen LogP contribution in [0.25, 0.3) is 6.08 Å². The second kappa shape index (κ2) is 5.75. The summed E-state index contributed by atoms with van der Waals surface area (Å²) in [6.07, 6.45) is 5.52. The molecule has 0 aliphatic rings. The van der Waals surface area contributed by atoms with Gasteiger partial charge in [0.2, 0.25) is 5.70 Å². The van der Waals surface area contributed by atoms with Crippen LogP contribution in [0.15, 0.2) is 48.2 Å². The summed E-state index contributed by atoms with van der Waals surface area (Å²) < 4.78 is 0. The van der Waals surface area contributed by atoms with Gasteiger partial charge in [0.1, 0.15) is 0 Å². The largest absolute Gasteiger partial charge is 0.259 e. The van der Waals surface area contributed by atoms with E-state index < -0.39 is 0 Å². The van der Waals surface area contributed by atoms with E-state index in [-0.39, 0.29) is 10.6 Å². The lowest BCUT2D eigenvalue weighted by molar-refractivity contribution is -0.427. The molecule has 0 radical (unpaired) electrons. The summed E-state index contributed by atoms with van der Waals surface area (Å²) in [7, 11) is 0. The third-order valence-corrected chi connectivity index (χ3v) is 1.97. The zero-order valence-electron chi connectivity index (χ0n) is 8.59. The average molecular weight is 203 g/mol. The summed E-state index contributed by atoms with van der Waals surface area (Å²) in [5.74, 6) is 0. The first-order valence-corrected chi connectivity index (χ1v) is 4.80. The maximum atomic E-state index is 10.5. The van der Waals surface area contributed by atoms with Crippen molar-refractivity contribution in [1.29, 1.82) is 0 Å². The molecule has 3 nitrogen and oxygen atoms in total. The van der Waals surface area contributed by atoms with Gasteiger partial charge in [-0.1, -0.05) is 49.4 Å². The van der Waals surface area contributed by atoms with Crippen molar-refractivity contribution in [3.63, 3.8) is 0 Å². The fourth-order valence-electron chi connectivity index (χ4n) is 1.14. The van der Waals surface area contributed by atoms with Gasteiger partial charge in [-0.15, -0.1) is 0 Å². The molecule has 15 heavy (non-hydrogen) atoms. The van der Waals surface area contributed by atoms with Crippen molar-refractivity contribution in [2.24, 2.45) is 0 Å². The summed E-state index contributed by atoms with van der Waals surface area (Å²) >= 11 is 0. The van der Waals surface area contributed by atoms with E-state index in [1.807, 2.05) is 36.4 Å². The smallest absolute Gasteiger partial charge is 0.245 e. The van der Waals surface area contributed by atoms with Gasteiger partial charge < -0.3 is 0 Å². The third-order valence-electron chi connectivity index (χ3n) is 1.97. The van der Waals surface area contributed by atoms with Gasteiger partial charge in [-0.2, -0.15) is 0 Å². The molecule has 0 aromatic heterocycles. The number of nitrogens with zero attached hydrogens (tertiary/aromatic N) is 1. The minimum atomic E-state index is -0.352. The number of hydrogen-bond acceptors (Lipinski definition) is 2. The molecule has 0 aliphatic carbocycles. The second-order valence-corrected chi connectivity index (χ2v) is 3.04. The molecule has 0 saturated heterocycles. The first-order chi connectivity index (χ1) is 7.24. The van der Waals surface area contributed by atoms with Gasteiger partial charge in [-0.05, 0) is 5.56 Å². The van der Waals surface area contributed by atoms with Crippen molar-refractivity contribution in [2.75, 3.05) is 0 Å². The van der Waals surface area contributed by atoms with Gasteiger partial charge in [0.25, 0.3) is 0 Å². The van der Waals surface area contributed by atoms with Gasteiger partial charge in [0.05, 0.1) is 4.92 Å². The quantitative estimate of drug-likeness (QED) is 0.428. The summed E-state index contributed by atoms with van der Waals surface area (Å²) in [6, 6.07) is 9.68. The first-order valence-electron chi connectivity index (χ1n) is 4.80. The molecule has 78 valence electrons. The molecule has 0 N–H and O–H groups in total. The summed E-state index contributed by atoms with van der Waals surface area (Å²) in [4.78, 5) is 10.1. The van der Waals surface area contributed by atoms with E-state index in [0.717, 1.165) is 5.56 Å². The van der Waals surface area contributed by atoms with Crippen molar-refractivity contribution in [3.8, 4) is 0 Å². The topological polar surface area (TPSA) is 43.1 Å². The van der Waals surface area contributed by atoms with Crippen molar-refractivity contribution in [2.45, 2.75) is 13.3 Å². The predicted octanol–water partition coefficient (Wildman–Crippen LogP) is 3.27. The number of benzene rings is 1. The molecule has 0 aliphatic heterocycles. The number of nitro groups is 1. The zero-order valence-corrected chi connectivity index (χ0v) is 8.59. The number of hydrogen-bond donors (Lipinski definition) is 0. The summed E-state index contributed by atoms with van der Waals surface area (Å²) in [5, 5.41) is 10.5. The highest BCUT2D eigenvalue weighted by Gasteiger charge is 2.03. The van der Waals surface area contributed by atoms with Crippen LogP contribution >= 0.6 is 0 Å². The molecule has 0 fully saturated rings. The average Bonchev–Trinajstić information content (AvgIpc) is 2.25. The van der Waals surface area contributed by atoms with Crippen LogP contribution in [0.3, 0.4) is 0 Å². The SMILES string of the molecule is CC/C(=C\C=C\c1ccccc1)[N+](=O)[O-]. The molecule has 0 amide bonds. The molecule has 0 saturated carbocycles. The van der Waals surface area contributed by atoms with Crippen LogP contribution in [0.1, 0.15) is 18.9 Å². The van der Waals surface area contributed by atoms with Crippen molar-refractivity contribution in [1.82, 2.24) is 0 Å². The van der Waals surface area contributed by atoms with Gasteiger partial charge in [0, 0.05) is 12.5 Å². The van der Waals surface area contributed by atoms with Crippen LogP contribution in [0.4, 0.5) is 0 Å². The van der Waals surface area contributed by atoms with E-state index in [0.29, 0.717) is 6.42 Å².